The monoisotopic (exact) mass is 454 g/mol. The number of aromatic nitrogens is 2. The van der Waals surface area contributed by atoms with E-state index >= 15 is 0 Å². The molecule has 0 radical (unpaired) electrons. The minimum Gasteiger partial charge on any atom is -0.351 e. The number of fused-ring (bicyclic) bond motifs is 1. The molecule has 1 aliphatic rings. The minimum absolute atomic E-state index is 0. The highest BCUT2D eigenvalue weighted by atomic mass is 35.5. The van der Waals surface area contributed by atoms with Gasteiger partial charge in [-0.25, -0.2) is 18.0 Å². The summed E-state index contributed by atoms with van der Waals surface area (Å²) < 4.78 is 41.4. The summed E-state index contributed by atoms with van der Waals surface area (Å²) in [7, 11) is 0. The van der Waals surface area contributed by atoms with Crippen LogP contribution in [0, 0.1) is 17.5 Å². The van der Waals surface area contributed by atoms with Crippen LogP contribution in [-0.2, 0) is 0 Å². The molecule has 0 aliphatic carbocycles. The Bertz CT molecular complexity index is 1140. The van der Waals surface area contributed by atoms with Crippen LogP contribution in [0.2, 0.25) is 0 Å². The van der Waals surface area contributed by atoms with Gasteiger partial charge >= 0.3 is 5.69 Å². The van der Waals surface area contributed by atoms with Crippen LogP contribution >= 0.6 is 12.4 Å². The number of aromatic amines is 1. The number of H-pyrrole nitrogens is 1. The molecule has 6 nitrogen and oxygen atoms in total. The molecular formula is C21H22ClF3N4O2. The fraction of sp³-hybridized carbons (Fsp3) is 0.333. The van der Waals surface area contributed by atoms with Gasteiger partial charge in [-0.1, -0.05) is 0 Å². The molecule has 2 heterocycles. The molecule has 0 spiro atoms. The van der Waals surface area contributed by atoms with Gasteiger partial charge in [0.1, 0.15) is 5.82 Å². The molecule has 1 amide bonds. The number of imidazole rings is 1. The average molecular weight is 455 g/mol. The van der Waals surface area contributed by atoms with E-state index in [1.807, 2.05) is 0 Å². The third-order valence-corrected chi connectivity index (χ3v) is 5.50. The molecular weight excluding hydrogens is 433 g/mol. The number of nitrogens with zero attached hydrogens (tertiary/aromatic N) is 2. The van der Waals surface area contributed by atoms with E-state index in [-0.39, 0.29) is 35.5 Å². The molecule has 4 rings (SSSR count). The van der Waals surface area contributed by atoms with Crippen molar-refractivity contribution in [1.82, 2.24) is 19.8 Å². The summed E-state index contributed by atoms with van der Waals surface area (Å²) >= 11 is 0. The largest absolute Gasteiger partial charge is 0.351 e. The van der Waals surface area contributed by atoms with Gasteiger partial charge in [-0.15, -0.1) is 12.4 Å². The summed E-state index contributed by atoms with van der Waals surface area (Å²) in [5.74, 6) is -2.90. The Hall–Kier alpha value is -2.78. The van der Waals surface area contributed by atoms with Crippen LogP contribution in [0.4, 0.5) is 13.2 Å². The number of likely N-dealkylation sites (tertiary alicyclic amines) is 1. The van der Waals surface area contributed by atoms with E-state index in [0.717, 1.165) is 38.1 Å². The van der Waals surface area contributed by atoms with Crippen molar-refractivity contribution < 1.29 is 18.0 Å². The van der Waals surface area contributed by atoms with Crippen molar-refractivity contribution >= 4 is 29.3 Å². The molecule has 0 atom stereocenters. The molecule has 166 valence electrons. The first-order chi connectivity index (χ1) is 14.4. The van der Waals surface area contributed by atoms with Crippen LogP contribution in [0.3, 0.4) is 0 Å². The van der Waals surface area contributed by atoms with Gasteiger partial charge in [0.25, 0.3) is 5.91 Å². The first-order valence-electron chi connectivity index (χ1n) is 9.78. The first-order valence-corrected chi connectivity index (χ1v) is 9.78. The predicted octanol–water partition coefficient (Wildman–Crippen LogP) is 3.24. The van der Waals surface area contributed by atoms with Gasteiger partial charge in [-0.2, -0.15) is 0 Å². The lowest BCUT2D eigenvalue weighted by Gasteiger charge is -2.32. The van der Waals surface area contributed by atoms with Crippen LogP contribution in [-0.4, -0.2) is 46.5 Å². The lowest BCUT2D eigenvalue weighted by molar-refractivity contribution is 0.0943. The van der Waals surface area contributed by atoms with Gasteiger partial charge in [0.15, 0.2) is 11.6 Å². The molecule has 3 aromatic rings. The van der Waals surface area contributed by atoms with Crippen molar-refractivity contribution in [2.45, 2.75) is 18.9 Å². The van der Waals surface area contributed by atoms with Crippen molar-refractivity contribution in [1.29, 1.82) is 0 Å². The SMILES string of the molecule is Cl.O=C(NCCN1CCC(n2c(=O)[nH]c3ccc(F)cc32)CC1)c1ccc(F)c(F)c1. The smallest absolute Gasteiger partial charge is 0.326 e. The summed E-state index contributed by atoms with van der Waals surface area (Å²) in [6, 6.07) is 7.26. The lowest BCUT2D eigenvalue weighted by atomic mass is 10.0. The fourth-order valence-corrected chi connectivity index (χ4v) is 3.93. The fourth-order valence-electron chi connectivity index (χ4n) is 3.93. The highest BCUT2D eigenvalue weighted by Crippen LogP contribution is 2.25. The molecule has 10 heteroatoms. The zero-order chi connectivity index (χ0) is 21.3. The first kappa shape index (κ1) is 22.9. The number of hydrogen-bond donors (Lipinski definition) is 2. The topological polar surface area (TPSA) is 70.1 Å². The standard InChI is InChI=1S/C21H21F3N4O2.ClH/c22-14-2-4-18-19(12-14)28(21(30)26-18)15-5-8-27(9-6-15)10-7-25-20(29)13-1-3-16(23)17(24)11-13;/h1-4,11-12,15H,5-10H2,(H,25,29)(H,26,30);1H. The molecule has 31 heavy (non-hydrogen) atoms. The van der Waals surface area contributed by atoms with E-state index in [4.69, 9.17) is 0 Å². The third-order valence-electron chi connectivity index (χ3n) is 5.50. The van der Waals surface area contributed by atoms with Crippen LogP contribution < -0.4 is 11.0 Å². The van der Waals surface area contributed by atoms with E-state index in [2.05, 4.69) is 15.2 Å². The van der Waals surface area contributed by atoms with E-state index in [0.29, 0.717) is 24.1 Å². The highest BCUT2D eigenvalue weighted by molar-refractivity contribution is 5.94. The summed E-state index contributed by atoms with van der Waals surface area (Å²) in [6.07, 6.45) is 1.45. The zero-order valence-electron chi connectivity index (χ0n) is 16.5. The van der Waals surface area contributed by atoms with E-state index in [9.17, 15) is 22.8 Å². The maximum atomic E-state index is 13.6. The van der Waals surface area contributed by atoms with Crippen LogP contribution in [0.15, 0.2) is 41.2 Å². The summed E-state index contributed by atoms with van der Waals surface area (Å²) in [6.45, 7) is 2.40. The highest BCUT2D eigenvalue weighted by Gasteiger charge is 2.23. The molecule has 1 aliphatic heterocycles. The normalized spacial score (nSPS) is 15.1. The number of piperidine rings is 1. The molecule has 2 N–H and O–H groups in total. The Morgan fingerprint density at radius 2 is 1.81 bits per heavy atom. The van der Waals surface area contributed by atoms with Gasteiger partial charge in [0, 0.05) is 37.8 Å². The summed E-state index contributed by atoms with van der Waals surface area (Å²) in [5.41, 5.74) is 1.01. The number of benzene rings is 2. The van der Waals surface area contributed by atoms with Crippen molar-refractivity contribution in [2.75, 3.05) is 26.2 Å². The second-order valence-corrected chi connectivity index (χ2v) is 7.42. The molecule has 0 saturated carbocycles. The Morgan fingerprint density at radius 1 is 1.06 bits per heavy atom. The number of rotatable bonds is 5. The molecule has 2 aromatic carbocycles. The van der Waals surface area contributed by atoms with Crippen molar-refractivity contribution in [3.8, 4) is 0 Å². The number of hydrogen-bond acceptors (Lipinski definition) is 3. The number of carbonyl (C=O) groups excluding carboxylic acids is 1. The summed E-state index contributed by atoms with van der Waals surface area (Å²) in [5, 5.41) is 2.70. The number of amides is 1. The van der Waals surface area contributed by atoms with E-state index in [1.165, 1.54) is 18.2 Å². The van der Waals surface area contributed by atoms with E-state index in [1.54, 1.807) is 10.6 Å². The van der Waals surface area contributed by atoms with E-state index < -0.39 is 17.5 Å². The Kier molecular flexibility index (Phi) is 7.07. The van der Waals surface area contributed by atoms with Crippen molar-refractivity contribution in [3.05, 3.63) is 69.9 Å². The van der Waals surface area contributed by atoms with Gasteiger partial charge in [-0.3, -0.25) is 9.36 Å². The number of halogens is 4. The van der Waals surface area contributed by atoms with Crippen LogP contribution in [0.5, 0.6) is 0 Å². The van der Waals surface area contributed by atoms with Gasteiger partial charge in [0.2, 0.25) is 0 Å². The molecule has 1 fully saturated rings. The van der Waals surface area contributed by atoms with Gasteiger partial charge < -0.3 is 15.2 Å². The summed E-state index contributed by atoms with van der Waals surface area (Å²) in [4.78, 5) is 29.3. The maximum Gasteiger partial charge on any atom is 0.326 e. The van der Waals surface area contributed by atoms with Gasteiger partial charge in [-0.05, 0) is 49.2 Å². The molecule has 0 unspecified atom stereocenters. The Balaban J connectivity index is 0.00000272. The number of carbonyl (C=O) groups is 1. The van der Waals surface area contributed by atoms with Crippen molar-refractivity contribution in [2.24, 2.45) is 0 Å². The number of nitrogens with one attached hydrogen (secondary N) is 2. The van der Waals surface area contributed by atoms with Crippen LogP contribution in [0.1, 0.15) is 29.2 Å². The maximum absolute atomic E-state index is 13.6. The average Bonchev–Trinajstić information content (AvgIpc) is 3.05. The molecule has 1 aromatic heterocycles. The zero-order valence-corrected chi connectivity index (χ0v) is 17.4. The minimum atomic E-state index is -1.06. The van der Waals surface area contributed by atoms with Crippen LogP contribution in [0.25, 0.3) is 11.0 Å². The van der Waals surface area contributed by atoms with Crippen molar-refractivity contribution in [3.63, 3.8) is 0 Å². The third kappa shape index (κ3) is 4.94. The second kappa shape index (κ2) is 9.57. The molecule has 0 bridgehead atoms. The Morgan fingerprint density at radius 3 is 2.52 bits per heavy atom. The second-order valence-electron chi connectivity index (χ2n) is 7.42. The van der Waals surface area contributed by atoms with Gasteiger partial charge in [0.05, 0.1) is 11.0 Å². The predicted molar refractivity (Wildman–Crippen MR) is 113 cm³/mol. The Labute approximate surface area is 182 Å². The lowest BCUT2D eigenvalue weighted by Crippen LogP contribution is -2.41. The molecule has 1 saturated heterocycles. The quantitative estimate of drug-likeness (QED) is 0.622.